The van der Waals surface area contributed by atoms with Crippen molar-refractivity contribution < 1.29 is 4.79 Å². The third-order valence-electron chi connectivity index (χ3n) is 2.85. The van der Waals surface area contributed by atoms with Crippen LogP contribution in [0.2, 0.25) is 0 Å². The molecule has 1 atom stereocenters. The molecule has 0 spiro atoms. The number of hydrogen-bond donors (Lipinski definition) is 2. The fourth-order valence-corrected chi connectivity index (χ4v) is 2.69. The summed E-state index contributed by atoms with van der Waals surface area (Å²) in [7, 11) is 0. The summed E-state index contributed by atoms with van der Waals surface area (Å²) in [5, 5.41) is 6.15. The van der Waals surface area contributed by atoms with E-state index in [9.17, 15) is 4.79 Å². The van der Waals surface area contributed by atoms with Crippen LogP contribution in [0.25, 0.3) is 0 Å². The molecule has 0 aliphatic carbocycles. The molecule has 0 bridgehead atoms. The van der Waals surface area contributed by atoms with Crippen LogP contribution < -0.4 is 11.1 Å². The maximum atomic E-state index is 11.7. The second kappa shape index (κ2) is 12.2. The van der Waals surface area contributed by atoms with E-state index >= 15 is 0 Å². The van der Waals surface area contributed by atoms with Crippen LogP contribution in [0.15, 0.2) is 5.38 Å². The minimum Gasteiger partial charge on any atom is -0.355 e. The van der Waals surface area contributed by atoms with E-state index in [2.05, 4.69) is 29.5 Å². The molecule has 21 heavy (non-hydrogen) atoms. The number of thiazole rings is 1. The molecule has 1 heterocycles. The van der Waals surface area contributed by atoms with E-state index in [1.165, 1.54) is 5.01 Å². The number of carbonyl (C=O) groups excluding carboxylic acids is 1. The molecule has 4 nitrogen and oxygen atoms in total. The minimum absolute atomic E-state index is 0. The number of aromatic nitrogens is 1. The lowest BCUT2D eigenvalue weighted by Gasteiger charge is -2.13. The molecule has 0 saturated carbocycles. The molecular weight excluding hydrogens is 329 g/mol. The van der Waals surface area contributed by atoms with Crippen molar-refractivity contribution in [1.29, 1.82) is 0 Å². The Hall–Kier alpha value is -0.360. The third kappa shape index (κ3) is 10.1. The smallest absolute Gasteiger partial charge is 0.236 e. The molecular formula is C14H27Cl2N3OS. The predicted molar refractivity (Wildman–Crippen MR) is 94.7 cm³/mol. The van der Waals surface area contributed by atoms with Gasteiger partial charge in [0.2, 0.25) is 5.91 Å². The SMILES string of the molecule is Cc1csc(CCCCNC(=O)[C@@H](N)CC(C)C)n1.Cl.Cl. The Bertz CT molecular complexity index is 399. The van der Waals surface area contributed by atoms with Crippen molar-refractivity contribution in [3.63, 3.8) is 0 Å². The summed E-state index contributed by atoms with van der Waals surface area (Å²) in [6, 6.07) is -0.374. The highest BCUT2D eigenvalue weighted by atomic mass is 35.5. The standard InChI is InChI=1S/C14H25N3OS.2ClH/c1-10(2)8-12(15)14(18)16-7-5-4-6-13-17-11(3)9-19-13;;/h9-10,12H,4-8,15H2,1-3H3,(H,16,18);2*1H/t12-;;/m0../s1. The normalized spacial score (nSPS) is 11.5. The molecule has 1 rings (SSSR count). The van der Waals surface area contributed by atoms with Gasteiger partial charge in [0.05, 0.1) is 11.0 Å². The molecule has 0 saturated heterocycles. The lowest BCUT2D eigenvalue weighted by Crippen LogP contribution is -2.41. The topological polar surface area (TPSA) is 68.0 Å². The molecule has 1 aromatic heterocycles. The van der Waals surface area contributed by atoms with Gasteiger partial charge in [-0.2, -0.15) is 0 Å². The van der Waals surface area contributed by atoms with Crippen LogP contribution in [-0.2, 0) is 11.2 Å². The average molecular weight is 356 g/mol. The monoisotopic (exact) mass is 355 g/mol. The summed E-state index contributed by atoms with van der Waals surface area (Å²) in [4.78, 5) is 16.1. The van der Waals surface area contributed by atoms with Gasteiger partial charge in [0.1, 0.15) is 0 Å². The number of nitrogens with two attached hydrogens (primary N) is 1. The zero-order chi connectivity index (χ0) is 14.3. The number of unbranched alkanes of at least 4 members (excludes halogenated alkanes) is 1. The molecule has 124 valence electrons. The van der Waals surface area contributed by atoms with E-state index in [1.807, 2.05) is 6.92 Å². The fraction of sp³-hybridized carbons (Fsp3) is 0.714. The zero-order valence-electron chi connectivity index (χ0n) is 12.9. The van der Waals surface area contributed by atoms with Crippen LogP contribution in [0.5, 0.6) is 0 Å². The van der Waals surface area contributed by atoms with Gasteiger partial charge in [0.25, 0.3) is 0 Å². The van der Waals surface area contributed by atoms with Crippen LogP contribution in [0, 0.1) is 12.8 Å². The highest BCUT2D eigenvalue weighted by Crippen LogP contribution is 2.11. The van der Waals surface area contributed by atoms with Crippen LogP contribution in [0.3, 0.4) is 0 Å². The average Bonchev–Trinajstić information content (AvgIpc) is 2.73. The van der Waals surface area contributed by atoms with Gasteiger partial charge >= 0.3 is 0 Å². The molecule has 0 aromatic carbocycles. The Morgan fingerprint density at radius 2 is 2.05 bits per heavy atom. The van der Waals surface area contributed by atoms with Gasteiger partial charge in [-0.05, 0) is 38.5 Å². The van der Waals surface area contributed by atoms with Crippen molar-refractivity contribution >= 4 is 42.1 Å². The van der Waals surface area contributed by atoms with Gasteiger partial charge in [-0.15, -0.1) is 36.2 Å². The summed E-state index contributed by atoms with van der Waals surface area (Å²) in [5.74, 6) is 0.424. The largest absolute Gasteiger partial charge is 0.355 e. The van der Waals surface area contributed by atoms with Crippen molar-refractivity contribution in [3.05, 3.63) is 16.1 Å². The van der Waals surface area contributed by atoms with Gasteiger partial charge < -0.3 is 11.1 Å². The zero-order valence-corrected chi connectivity index (χ0v) is 15.4. The summed E-state index contributed by atoms with van der Waals surface area (Å²) >= 11 is 1.71. The number of hydrogen-bond acceptors (Lipinski definition) is 4. The fourth-order valence-electron chi connectivity index (χ4n) is 1.88. The predicted octanol–water partition coefficient (Wildman–Crippen LogP) is 3.11. The van der Waals surface area contributed by atoms with Crippen molar-refractivity contribution in [2.75, 3.05) is 6.54 Å². The highest BCUT2D eigenvalue weighted by molar-refractivity contribution is 7.09. The molecule has 1 aromatic rings. The van der Waals surface area contributed by atoms with Crippen LogP contribution >= 0.6 is 36.2 Å². The second-order valence-electron chi connectivity index (χ2n) is 5.37. The van der Waals surface area contributed by atoms with Gasteiger partial charge in [0, 0.05) is 17.6 Å². The van der Waals surface area contributed by atoms with E-state index in [4.69, 9.17) is 5.73 Å². The number of nitrogens with one attached hydrogen (secondary N) is 1. The molecule has 0 fully saturated rings. The first-order valence-electron chi connectivity index (χ1n) is 6.93. The van der Waals surface area contributed by atoms with Gasteiger partial charge in [-0.1, -0.05) is 13.8 Å². The summed E-state index contributed by atoms with van der Waals surface area (Å²) in [6.07, 6.45) is 3.75. The Labute approximate surface area is 144 Å². The highest BCUT2D eigenvalue weighted by Gasteiger charge is 2.13. The Morgan fingerprint density at radius 3 is 2.57 bits per heavy atom. The van der Waals surface area contributed by atoms with E-state index in [1.54, 1.807) is 11.3 Å². The molecule has 0 aliphatic heterocycles. The third-order valence-corrected chi connectivity index (χ3v) is 3.87. The van der Waals surface area contributed by atoms with Crippen molar-refractivity contribution in [3.8, 4) is 0 Å². The van der Waals surface area contributed by atoms with E-state index < -0.39 is 0 Å². The van der Waals surface area contributed by atoms with Crippen LogP contribution in [0.4, 0.5) is 0 Å². The van der Waals surface area contributed by atoms with Gasteiger partial charge in [0.15, 0.2) is 0 Å². The van der Waals surface area contributed by atoms with Crippen molar-refractivity contribution in [2.24, 2.45) is 11.7 Å². The molecule has 0 aliphatic rings. The number of halogens is 2. The van der Waals surface area contributed by atoms with E-state index in [0.717, 1.165) is 31.4 Å². The first-order valence-corrected chi connectivity index (χ1v) is 7.81. The number of amides is 1. The maximum absolute atomic E-state index is 11.7. The molecule has 1 amide bonds. The first-order chi connectivity index (χ1) is 8.99. The molecule has 7 heteroatoms. The molecule has 0 radical (unpaired) electrons. The van der Waals surface area contributed by atoms with Crippen molar-refractivity contribution in [1.82, 2.24) is 10.3 Å². The summed E-state index contributed by atoms with van der Waals surface area (Å²) in [5.41, 5.74) is 6.90. The van der Waals surface area contributed by atoms with Crippen LogP contribution in [0.1, 0.15) is 43.8 Å². The summed E-state index contributed by atoms with van der Waals surface area (Å²) < 4.78 is 0. The number of carbonyl (C=O) groups is 1. The molecule has 3 N–H and O–H groups in total. The Kier molecular flexibility index (Phi) is 13.3. The molecule has 0 unspecified atom stereocenters. The van der Waals surface area contributed by atoms with Crippen LogP contribution in [-0.4, -0.2) is 23.5 Å². The quantitative estimate of drug-likeness (QED) is 0.704. The number of rotatable bonds is 8. The van der Waals surface area contributed by atoms with E-state index in [-0.39, 0.29) is 36.8 Å². The van der Waals surface area contributed by atoms with Gasteiger partial charge in [-0.3, -0.25) is 4.79 Å². The minimum atomic E-state index is -0.374. The lowest BCUT2D eigenvalue weighted by atomic mass is 10.0. The second-order valence-corrected chi connectivity index (χ2v) is 6.31. The maximum Gasteiger partial charge on any atom is 0.236 e. The Balaban J connectivity index is 0. The number of nitrogens with zero attached hydrogens (tertiary/aromatic N) is 1. The Morgan fingerprint density at radius 1 is 1.38 bits per heavy atom. The summed E-state index contributed by atoms with van der Waals surface area (Å²) in [6.45, 7) is 6.86. The van der Waals surface area contributed by atoms with Gasteiger partial charge in [-0.25, -0.2) is 4.98 Å². The van der Waals surface area contributed by atoms with E-state index in [0.29, 0.717) is 12.5 Å². The van der Waals surface area contributed by atoms with Crippen molar-refractivity contribution in [2.45, 2.75) is 52.5 Å². The lowest BCUT2D eigenvalue weighted by molar-refractivity contribution is -0.122. The number of aryl methyl sites for hydroxylation is 2. The first kappa shape index (κ1) is 22.9.